The lowest BCUT2D eigenvalue weighted by Gasteiger charge is -2.08. The van der Waals surface area contributed by atoms with E-state index >= 15 is 0 Å². The molecule has 1 N–H and O–H groups in total. The summed E-state index contributed by atoms with van der Waals surface area (Å²) in [6.45, 7) is 1.55. The highest BCUT2D eigenvalue weighted by molar-refractivity contribution is 5.75. The number of carbonyl (C=O) groups is 1. The number of aromatic nitrogens is 2. The second-order valence-electron chi connectivity index (χ2n) is 2.54. The van der Waals surface area contributed by atoms with Crippen LogP contribution in [0.25, 0.3) is 0 Å². The molecular weight excluding hydrogens is 172 g/mol. The van der Waals surface area contributed by atoms with Crippen LogP contribution in [0.15, 0.2) is 12.5 Å². The van der Waals surface area contributed by atoms with Crippen molar-refractivity contribution in [3.05, 3.63) is 18.2 Å². The largest absolute Gasteiger partial charge is 0.493 e. The first kappa shape index (κ1) is 9.44. The number of hydrogen-bond acceptors (Lipinski definition) is 4. The fourth-order valence-electron chi connectivity index (χ4n) is 0.926. The van der Waals surface area contributed by atoms with Gasteiger partial charge in [0.15, 0.2) is 5.75 Å². The van der Waals surface area contributed by atoms with Gasteiger partial charge in [-0.15, -0.1) is 0 Å². The van der Waals surface area contributed by atoms with Gasteiger partial charge >= 0.3 is 5.97 Å². The highest BCUT2D eigenvalue weighted by Gasteiger charge is 2.19. The van der Waals surface area contributed by atoms with Gasteiger partial charge in [0.1, 0.15) is 6.33 Å². The van der Waals surface area contributed by atoms with E-state index in [0.29, 0.717) is 11.4 Å². The lowest BCUT2D eigenvalue weighted by molar-refractivity contribution is -0.138. The zero-order valence-corrected chi connectivity index (χ0v) is 7.39. The van der Waals surface area contributed by atoms with Crippen molar-refractivity contribution in [3.63, 3.8) is 0 Å². The molecule has 1 aromatic heterocycles. The zero-order chi connectivity index (χ0) is 9.84. The first-order chi connectivity index (χ1) is 6.16. The quantitative estimate of drug-likeness (QED) is 0.743. The molecule has 13 heavy (non-hydrogen) atoms. The monoisotopic (exact) mass is 182 g/mol. The topological polar surface area (TPSA) is 72.3 Å². The predicted molar refractivity (Wildman–Crippen MR) is 44.6 cm³/mol. The molecule has 0 aliphatic carbocycles. The molecule has 70 valence electrons. The van der Waals surface area contributed by atoms with Crippen molar-refractivity contribution >= 4 is 5.97 Å². The Morgan fingerprint density at radius 3 is 2.92 bits per heavy atom. The molecule has 0 radical (unpaired) electrons. The molecule has 0 aliphatic rings. The van der Waals surface area contributed by atoms with E-state index < -0.39 is 11.9 Å². The number of carboxylic acids is 1. The van der Waals surface area contributed by atoms with Crippen LogP contribution in [0, 0.1) is 0 Å². The van der Waals surface area contributed by atoms with E-state index in [-0.39, 0.29) is 0 Å². The second kappa shape index (κ2) is 3.84. The van der Waals surface area contributed by atoms with Gasteiger partial charge in [-0.3, -0.25) is 4.79 Å². The van der Waals surface area contributed by atoms with Crippen LogP contribution in [0.5, 0.6) is 5.75 Å². The number of hydrogen-bond donors (Lipinski definition) is 1. The van der Waals surface area contributed by atoms with E-state index in [2.05, 4.69) is 9.97 Å². The fraction of sp³-hybridized carbons (Fsp3) is 0.375. The molecule has 1 atom stereocenters. The maximum Gasteiger partial charge on any atom is 0.312 e. The first-order valence-electron chi connectivity index (χ1n) is 3.73. The summed E-state index contributed by atoms with van der Waals surface area (Å²) in [6, 6.07) is 0. The Bertz CT molecular complexity index is 314. The van der Waals surface area contributed by atoms with Gasteiger partial charge < -0.3 is 9.84 Å². The van der Waals surface area contributed by atoms with Crippen LogP contribution >= 0.6 is 0 Å². The number of nitrogens with zero attached hydrogens (tertiary/aromatic N) is 2. The third-order valence-electron chi connectivity index (χ3n) is 1.71. The molecule has 0 saturated heterocycles. The molecule has 0 saturated carbocycles. The summed E-state index contributed by atoms with van der Waals surface area (Å²) in [6.07, 6.45) is 2.75. The van der Waals surface area contributed by atoms with Gasteiger partial charge in [0.2, 0.25) is 0 Å². The van der Waals surface area contributed by atoms with E-state index in [1.165, 1.54) is 19.6 Å². The van der Waals surface area contributed by atoms with Gasteiger partial charge in [0, 0.05) is 0 Å². The Labute approximate surface area is 75.4 Å². The standard InChI is InChI=1S/C8H10N2O3/c1-5(8(11)12)7-6(13-2)3-9-4-10-7/h3-5H,1-2H3,(H,11,12). The maximum absolute atomic E-state index is 10.7. The van der Waals surface area contributed by atoms with Crippen molar-refractivity contribution in [2.45, 2.75) is 12.8 Å². The molecule has 0 amide bonds. The molecule has 1 rings (SSSR count). The Morgan fingerprint density at radius 2 is 2.38 bits per heavy atom. The molecule has 5 nitrogen and oxygen atoms in total. The van der Waals surface area contributed by atoms with Crippen LogP contribution in [0.4, 0.5) is 0 Å². The van der Waals surface area contributed by atoms with E-state index in [1.807, 2.05) is 0 Å². The van der Waals surface area contributed by atoms with Crippen LogP contribution in [-0.4, -0.2) is 28.2 Å². The van der Waals surface area contributed by atoms with Crippen LogP contribution in [0.3, 0.4) is 0 Å². The summed E-state index contributed by atoms with van der Waals surface area (Å²) in [5.41, 5.74) is 0.394. The van der Waals surface area contributed by atoms with Gasteiger partial charge in [0.05, 0.1) is 24.9 Å². The molecule has 0 aliphatic heterocycles. The Balaban J connectivity index is 3.05. The molecule has 1 heterocycles. The second-order valence-corrected chi connectivity index (χ2v) is 2.54. The van der Waals surface area contributed by atoms with Crippen LogP contribution < -0.4 is 4.74 Å². The number of aliphatic carboxylic acids is 1. The minimum Gasteiger partial charge on any atom is -0.493 e. The molecule has 5 heteroatoms. The van der Waals surface area contributed by atoms with Crippen molar-refractivity contribution in [2.75, 3.05) is 7.11 Å². The summed E-state index contributed by atoms with van der Waals surface area (Å²) in [5.74, 6) is -1.22. The van der Waals surface area contributed by atoms with Crippen molar-refractivity contribution in [2.24, 2.45) is 0 Å². The molecular formula is C8H10N2O3. The summed E-state index contributed by atoms with van der Waals surface area (Å²) in [5, 5.41) is 8.74. The van der Waals surface area contributed by atoms with Gasteiger partial charge in [-0.2, -0.15) is 0 Å². The highest BCUT2D eigenvalue weighted by Crippen LogP contribution is 2.22. The third kappa shape index (κ3) is 1.93. The van der Waals surface area contributed by atoms with E-state index in [4.69, 9.17) is 9.84 Å². The molecule has 0 bridgehead atoms. The average Bonchev–Trinajstić information content (AvgIpc) is 2.16. The van der Waals surface area contributed by atoms with Crippen LogP contribution in [-0.2, 0) is 4.79 Å². The van der Waals surface area contributed by atoms with Gasteiger partial charge in [-0.05, 0) is 6.92 Å². The van der Waals surface area contributed by atoms with Gasteiger partial charge in [-0.25, -0.2) is 9.97 Å². The van der Waals surface area contributed by atoms with E-state index in [9.17, 15) is 4.79 Å². The minimum absolute atomic E-state index is 0.394. The van der Waals surface area contributed by atoms with Gasteiger partial charge in [0.25, 0.3) is 0 Å². The summed E-state index contributed by atoms with van der Waals surface area (Å²) >= 11 is 0. The number of rotatable bonds is 3. The highest BCUT2D eigenvalue weighted by atomic mass is 16.5. The van der Waals surface area contributed by atoms with E-state index in [1.54, 1.807) is 6.92 Å². The summed E-state index contributed by atoms with van der Waals surface area (Å²) in [7, 11) is 1.46. The Hall–Kier alpha value is -1.65. The number of methoxy groups -OCH3 is 1. The van der Waals surface area contributed by atoms with Crippen molar-refractivity contribution in [1.29, 1.82) is 0 Å². The van der Waals surface area contributed by atoms with Crippen molar-refractivity contribution < 1.29 is 14.6 Å². The number of carboxylic acid groups (broad SMARTS) is 1. The molecule has 1 unspecified atom stereocenters. The minimum atomic E-state index is -0.933. The molecule has 0 fully saturated rings. The van der Waals surface area contributed by atoms with E-state index in [0.717, 1.165) is 0 Å². The van der Waals surface area contributed by atoms with Crippen LogP contribution in [0.2, 0.25) is 0 Å². The SMILES string of the molecule is COc1cncnc1C(C)C(=O)O. The van der Waals surface area contributed by atoms with Crippen molar-refractivity contribution in [3.8, 4) is 5.75 Å². The lowest BCUT2D eigenvalue weighted by atomic mass is 10.1. The molecule has 0 aromatic carbocycles. The predicted octanol–water partition coefficient (Wildman–Crippen LogP) is 0.673. The maximum atomic E-state index is 10.7. The first-order valence-corrected chi connectivity index (χ1v) is 3.73. The van der Waals surface area contributed by atoms with Crippen molar-refractivity contribution in [1.82, 2.24) is 9.97 Å². The summed E-state index contributed by atoms with van der Waals surface area (Å²) in [4.78, 5) is 18.2. The van der Waals surface area contributed by atoms with Gasteiger partial charge in [-0.1, -0.05) is 0 Å². The normalized spacial score (nSPS) is 12.2. The lowest BCUT2D eigenvalue weighted by Crippen LogP contribution is -2.10. The Kier molecular flexibility index (Phi) is 2.79. The number of ether oxygens (including phenoxy) is 1. The zero-order valence-electron chi connectivity index (χ0n) is 7.39. The third-order valence-corrected chi connectivity index (χ3v) is 1.71. The Morgan fingerprint density at radius 1 is 1.69 bits per heavy atom. The average molecular weight is 182 g/mol. The fourth-order valence-corrected chi connectivity index (χ4v) is 0.926. The molecule has 1 aromatic rings. The van der Waals surface area contributed by atoms with Crippen LogP contribution in [0.1, 0.15) is 18.5 Å². The smallest absolute Gasteiger partial charge is 0.312 e. The molecule has 0 spiro atoms. The summed E-state index contributed by atoms with van der Waals surface area (Å²) < 4.78 is 4.93.